The second-order valence-corrected chi connectivity index (χ2v) is 11.9. The number of carbonyl (C=O) groups excluding carboxylic acids is 2. The third kappa shape index (κ3) is 7.07. The largest absolute Gasteiger partial charge is 0.322 e. The van der Waals surface area contributed by atoms with Crippen molar-refractivity contribution in [1.29, 1.82) is 5.26 Å². The van der Waals surface area contributed by atoms with E-state index in [4.69, 9.17) is 11.6 Å². The number of nitro benzene ring substituents is 1. The van der Waals surface area contributed by atoms with Gasteiger partial charge in [0, 0.05) is 28.0 Å². The van der Waals surface area contributed by atoms with E-state index in [-0.39, 0.29) is 17.2 Å². The molecule has 2 N–H and O–H groups in total. The summed E-state index contributed by atoms with van der Waals surface area (Å²) in [4.78, 5) is 41.6. The molecule has 5 rings (SSSR count). The van der Waals surface area contributed by atoms with Crippen molar-refractivity contribution >= 4 is 79.9 Å². The quantitative estimate of drug-likeness (QED) is 0.0768. The highest BCUT2D eigenvalue weighted by Crippen LogP contribution is 2.40. The van der Waals surface area contributed by atoms with Gasteiger partial charge in [0.15, 0.2) is 4.34 Å². The Bertz CT molecular complexity index is 1970. The van der Waals surface area contributed by atoms with Gasteiger partial charge in [0.2, 0.25) is 0 Å². The number of benzene rings is 4. The van der Waals surface area contributed by atoms with Crippen molar-refractivity contribution in [2.24, 2.45) is 0 Å². The predicted molar refractivity (Wildman–Crippen MR) is 170 cm³/mol. The first-order valence-corrected chi connectivity index (χ1v) is 14.6. The van der Waals surface area contributed by atoms with E-state index in [1.807, 2.05) is 19.1 Å². The van der Waals surface area contributed by atoms with Crippen LogP contribution in [0.2, 0.25) is 5.02 Å². The molecule has 43 heavy (non-hydrogen) atoms. The van der Waals surface area contributed by atoms with Crippen LogP contribution >= 0.6 is 34.7 Å². The van der Waals surface area contributed by atoms with Crippen molar-refractivity contribution in [2.45, 2.75) is 16.2 Å². The summed E-state index contributed by atoms with van der Waals surface area (Å²) in [5.74, 6) is -0.905. The molecule has 9 nitrogen and oxygen atoms in total. The van der Waals surface area contributed by atoms with Gasteiger partial charge in [-0.15, -0.1) is 11.3 Å². The molecule has 0 saturated heterocycles. The van der Waals surface area contributed by atoms with Crippen molar-refractivity contribution in [2.75, 3.05) is 10.6 Å². The minimum Gasteiger partial charge on any atom is -0.322 e. The Morgan fingerprint density at radius 1 is 1.02 bits per heavy atom. The van der Waals surface area contributed by atoms with Crippen LogP contribution in [0.15, 0.2) is 99.7 Å². The molecule has 0 aliphatic carbocycles. The molecule has 0 radical (unpaired) electrons. The zero-order valence-electron chi connectivity index (χ0n) is 22.3. The highest BCUT2D eigenvalue weighted by molar-refractivity contribution is 8.01. The molecule has 0 atom stereocenters. The lowest BCUT2D eigenvalue weighted by Crippen LogP contribution is -2.13. The number of thiazole rings is 1. The summed E-state index contributed by atoms with van der Waals surface area (Å²) in [5, 5.41) is 27.5. The normalized spacial score (nSPS) is 11.1. The van der Waals surface area contributed by atoms with Gasteiger partial charge in [0.05, 0.1) is 20.0 Å². The molecule has 0 bridgehead atoms. The van der Waals surface area contributed by atoms with Crippen LogP contribution in [0.4, 0.5) is 17.1 Å². The van der Waals surface area contributed by atoms with Gasteiger partial charge < -0.3 is 10.6 Å². The maximum Gasteiger partial charge on any atom is 0.283 e. The number of nitrogens with zero attached hydrogens (tertiary/aromatic N) is 3. The number of aryl methyl sites for hydroxylation is 1. The Hall–Kier alpha value is -5.02. The topological polar surface area (TPSA) is 138 Å². The van der Waals surface area contributed by atoms with Crippen LogP contribution in [0.25, 0.3) is 16.3 Å². The van der Waals surface area contributed by atoms with Gasteiger partial charge in [-0.05, 0) is 72.7 Å². The van der Waals surface area contributed by atoms with Crippen molar-refractivity contribution in [3.63, 3.8) is 0 Å². The van der Waals surface area contributed by atoms with Crippen molar-refractivity contribution in [1.82, 2.24) is 4.98 Å². The number of fused-ring (bicyclic) bond motifs is 1. The molecule has 0 aliphatic rings. The van der Waals surface area contributed by atoms with E-state index in [0.717, 1.165) is 22.0 Å². The Morgan fingerprint density at radius 3 is 2.49 bits per heavy atom. The molecule has 5 aromatic rings. The number of amides is 2. The Balaban J connectivity index is 1.34. The molecule has 4 aromatic carbocycles. The first kappa shape index (κ1) is 29.5. The number of nitriles is 1. The molecule has 1 aromatic heterocycles. The van der Waals surface area contributed by atoms with Crippen LogP contribution in [0.5, 0.6) is 0 Å². The zero-order valence-corrected chi connectivity index (χ0v) is 24.7. The number of nitrogens with one attached hydrogen (secondary N) is 2. The third-order valence-electron chi connectivity index (χ3n) is 6.15. The average molecular weight is 626 g/mol. The van der Waals surface area contributed by atoms with Crippen LogP contribution in [0, 0.1) is 28.4 Å². The fourth-order valence-electron chi connectivity index (χ4n) is 3.95. The van der Waals surface area contributed by atoms with E-state index in [9.17, 15) is 25.0 Å². The van der Waals surface area contributed by atoms with Crippen LogP contribution in [-0.2, 0) is 4.79 Å². The van der Waals surface area contributed by atoms with Gasteiger partial charge in [0.25, 0.3) is 17.5 Å². The van der Waals surface area contributed by atoms with Crippen molar-refractivity contribution < 1.29 is 14.5 Å². The van der Waals surface area contributed by atoms with E-state index in [1.54, 1.807) is 72.8 Å². The molecular formula is C31H20ClN5O4S2. The van der Waals surface area contributed by atoms with Crippen LogP contribution in [0.3, 0.4) is 0 Å². The summed E-state index contributed by atoms with van der Waals surface area (Å²) >= 11 is 8.58. The lowest BCUT2D eigenvalue weighted by Gasteiger charge is -2.06. The molecule has 12 heteroatoms. The Labute approximate surface area is 259 Å². The zero-order chi connectivity index (χ0) is 30.5. The minimum absolute atomic E-state index is 0.197. The Kier molecular flexibility index (Phi) is 8.82. The minimum atomic E-state index is -0.669. The van der Waals surface area contributed by atoms with Crippen LogP contribution in [-0.4, -0.2) is 21.7 Å². The number of hydrogen-bond donors (Lipinski definition) is 2. The van der Waals surface area contributed by atoms with Gasteiger partial charge in [-0.25, -0.2) is 4.98 Å². The number of hydrogen-bond acceptors (Lipinski definition) is 8. The Morgan fingerprint density at radius 2 is 1.77 bits per heavy atom. The molecule has 0 aliphatic heterocycles. The molecule has 1 heterocycles. The summed E-state index contributed by atoms with van der Waals surface area (Å²) in [6.07, 6.45) is 1.29. The molecule has 0 spiro atoms. The fourth-order valence-corrected chi connectivity index (χ4v) is 6.28. The number of aromatic nitrogens is 1. The summed E-state index contributed by atoms with van der Waals surface area (Å²) < 4.78 is 1.37. The van der Waals surface area contributed by atoms with Crippen LogP contribution < -0.4 is 10.6 Å². The van der Waals surface area contributed by atoms with Gasteiger partial charge in [-0.1, -0.05) is 53.7 Å². The number of anilines is 2. The summed E-state index contributed by atoms with van der Waals surface area (Å²) in [7, 11) is 0. The van der Waals surface area contributed by atoms with Crippen molar-refractivity contribution in [3.05, 3.63) is 122 Å². The SMILES string of the molecule is Cc1ccc(NC(=O)/C(C#N)=C/c2ccc(Sc3nc4ccc(NC(=O)c5ccccc5)cc4s3)c([N+](=O)[O-])c2)cc1Cl. The number of halogens is 1. The average Bonchev–Trinajstić information content (AvgIpc) is 3.40. The molecule has 2 amide bonds. The molecule has 0 unspecified atom stereocenters. The highest BCUT2D eigenvalue weighted by atomic mass is 35.5. The third-order valence-corrected chi connectivity index (χ3v) is 8.70. The fraction of sp³-hybridized carbons (Fsp3) is 0.0323. The molecular weight excluding hydrogens is 606 g/mol. The smallest absolute Gasteiger partial charge is 0.283 e. The van der Waals surface area contributed by atoms with Gasteiger partial charge in [-0.2, -0.15) is 5.26 Å². The van der Waals surface area contributed by atoms with Crippen LogP contribution in [0.1, 0.15) is 21.5 Å². The number of carbonyl (C=O) groups is 2. The maximum absolute atomic E-state index is 12.7. The second kappa shape index (κ2) is 12.9. The first-order chi connectivity index (χ1) is 20.7. The van der Waals surface area contributed by atoms with E-state index >= 15 is 0 Å². The van der Waals surface area contributed by atoms with E-state index in [0.29, 0.717) is 42.3 Å². The summed E-state index contributed by atoms with van der Waals surface area (Å²) in [6, 6.07) is 25.5. The number of rotatable bonds is 8. The van der Waals surface area contributed by atoms with Gasteiger partial charge in [0.1, 0.15) is 11.6 Å². The monoisotopic (exact) mass is 625 g/mol. The summed E-state index contributed by atoms with van der Waals surface area (Å²) in [6.45, 7) is 1.82. The highest BCUT2D eigenvalue weighted by Gasteiger charge is 2.19. The van der Waals surface area contributed by atoms with E-state index in [1.165, 1.54) is 23.5 Å². The number of nitro groups is 1. The van der Waals surface area contributed by atoms with Gasteiger partial charge >= 0.3 is 0 Å². The molecule has 0 fully saturated rings. The van der Waals surface area contributed by atoms with E-state index in [2.05, 4.69) is 15.6 Å². The lowest BCUT2D eigenvalue weighted by atomic mass is 10.1. The molecule has 0 saturated carbocycles. The van der Waals surface area contributed by atoms with Gasteiger partial charge in [-0.3, -0.25) is 19.7 Å². The summed E-state index contributed by atoms with van der Waals surface area (Å²) in [5.41, 5.74) is 2.97. The molecule has 212 valence electrons. The second-order valence-electron chi connectivity index (χ2n) is 9.16. The van der Waals surface area contributed by atoms with E-state index < -0.39 is 10.8 Å². The standard InChI is InChI=1S/C31H20ClN5O4S2/c1-18-7-9-22(15-24(18)32)34-30(39)21(17-33)13-19-8-12-27(26(14-19)37(40)41)42-31-36-25-11-10-23(16-28(25)43-31)35-29(38)20-5-3-2-4-6-20/h2-16H,1H3,(H,34,39)(H,35,38)/b21-13+. The first-order valence-electron chi connectivity index (χ1n) is 12.6. The van der Waals surface area contributed by atoms with Crippen molar-refractivity contribution in [3.8, 4) is 6.07 Å². The lowest BCUT2D eigenvalue weighted by molar-refractivity contribution is -0.387. The maximum atomic E-state index is 12.7. The predicted octanol–water partition coefficient (Wildman–Crippen LogP) is 8.12.